The van der Waals surface area contributed by atoms with Gasteiger partial charge >= 0.3 is 11.5 Å². The number of carbonyl (C=O) groups excluding carboxylic acids is 1. The SMILES string of the molecule is O=C(OCc1ccccc1)C(CO)S(=O)(=O)C(F)(F)F. The van der Waals surface area contributed by atoms with Crippen LogP contribution < -0.4 is 0 Å². The van der Waals surface area contributed by atoms with Crippen molar-refractivity contribution in [3.8, 4) is 0 Å². The highest BCUT2D eigenvalue weighted by Crippen LogP contribution is 2.27. The Kier molecular flexibility index (Phi) is 5.12. The number of halogens is 3. The number of benzene rings is 1. The third-order valence-electron chi connectivity index (χ3n) is 2.35. The lowest BCUT2D eigenvalue weighted by atomic mass is 10.2. The quantitative estimate of drug-likeness (QED) is 0.821. The first-order valence-corrected chi connectivity index (χ1v) is 6.86. The first kappa shape index (κ1) is 16.4. The van der Waals surface area contributed by atoms with Gasteiger partial charge in [-0.25, -0.2) is 8.42 Å². The number of carbonyl (C=O) groups is 1. The molecule has 1 aromatic carbocycles. The smallest absolute Gasteiger partial charge is 0.460 e. The van der Waals surface area contributed by atoms with Crippen LogP contribution in [0, 0.1) is 0 Å². The second kappa shape index (κ2) is 6.23. The summed E-state index contributed by atoms with van der Waals surface area (Å²) in [6, 6.07) is 7.98. The van der Waals surface area contributed by atoms with Crippen LogP contribution in [0.2, 0.25) is 0 Å². The van der Waals surface area contributed by atoms with Gasteiger partial charge < -0.3 is 9.84 Å². The molecule has 0 saturated heterocycles. The van der Waals surface area contributed by atoms with Gasteiger partial charge in [-0.3, -0.25) is 4.79 Å². The van der Waals surface area contributed by atoms with Crippen LogP contribution in [0.25, 0.3) is 0 Å². The Labute approximate surface area is 112 Å². The summed E-state index contributed by atoms with van der Waals surface area (Å²) in [5.74, 6) is -1.64. The van der Waals surface area contributed by atoms with Gasteiger partial charge in [0.25, 0.3) is 9.84 Å². The first-order valence-electron chi connectivity index (χ1n) is 5.31. The highest BCUT2D eigenvalue weighted by atomic mass is 32.2. The summed E-state index contributed by atoms with van der Waals surface area (Å²) in [7, 11) is -5.82. The largest absolute Gasteiger partial charge is 0.498 e. The van der Waals surface area contributed by atoms with E-state index in [4.69, 9.17) is 5.11 Å². The number of sulfone groups is 1. The lowest BCUT2D eigenvalue weighted by Gasteiger charge is -2.16. The highest BCUT2D eigenvalue weighted by molar-refractivity contribution is 7.93. The van der Waals surface area contributed by atoms with Crippen LogP contribution in [0.3, 0.4) is 0 Å². The predicted molar refractivity (Wildman–Crippen MR) is 62.1 cm³/mol. The van der Waals surface area contributed by atoms with Crippen molar-refractivity contribution < 1.29 is 36.2 Å². The Balaban J connectivity index is 2.79. The zero-order valence-electron chi connectivity index (χ0n) is 10.0. The number of alkyl halides is 3. The van der Waals surface area contributed by atoms with E-state index >= 15 is 0 Å². The van der Waals surface area contributed by atoms with Gasteiger partial charge in [-0.15, -0.1) is 0 Å². The molecular weight excluding hydrogens is 301 g/mol. The average Bonchev–Trinajstić information content (AvgIpc) is 2.37. The number of rotatable bonds is 5. The summed E-state index contributed by atoms with van der Waals surface area (Å²) in [5.41, 5.74) is -5.16. The normalized spacial score (nSPS) is 13.8. The van der Waals surface area contributed by atoms with E-state index in [9.17, 15) is 26.4 Å². The van der Waals surface area contributed by atoms with Gasteiger partial charge in [0, 0.05) is 0 Å². The fraction of sp³-hybridized carbons (Fsp3) is 0.364. The van der Waals surface area contributed by atoms with E-state index in [0.29, 0.717) is 5.56 Å². The summed E-state index contributed by atoms with van der Waals surface area (Å²) in [4.78, 5) is 11.4. The van der Waals surface area contributed by atoms with Crippen LogP contribution >= 0.6 is 0 Å². The third-order valence-corrected chi connectivity index (χ3v) is 4.09. The second-order valence-electron chi connectivity index (χ2n) is 3.76. The molecule has 1 unspecified atom stereocenters. The summed E-state index contributed by atoms with van der Waals surface area (Å²) in [6.45, 7) is -1.89. The van der Waals surface area contributed by atoms with E-state index in [1.807, 2.05) is 0 Å². The van der Waals surface area contributed by atoms with Crippen LogP contribution in [-0.4, -0.2) is 36.9 Å². The summed E-state index contributed by atoms with van der Waals surface area (Å²) in [5, 5.41) is 6.04. The van der Waals surface area contributed by atoms with Crippen molar-refractivity contribution in [1.82, 2.24) is 0 Å². The van der Waals surface area contributed by atoms with Gasteiger partial charge in [0.2, 0.25) is 0 Å². The minimum atomic E-state index is -5.82. The molecule has 1 aromatic rings. The van der Waals surface area contributed by atoms with Gasteiger partial charge in [0.15, 0.2) is 5.25 Å². The number of aliphatic hydroxyl groups excluding tert-OH is 1. The fourth-order valence-electron chi connectivity index (χ4n) is 1.28. The van der Waals surface area contributed by atoms with E-state index in [0.717, 1.165) is 0 Å². The van der Waals surface area contributed by atoms with Gasteiger partial charge in [-0.2, -0.15) is 13.2 Å². The van der Waals surface area contributed by atoms with Crippen LogP contribution in [0.5, 0.6) is 0 Å². The first-order chi connectivity index (χ1) is 9.20. The zero-order valence-corrected chi connectivity index (χ0v) is 10.8. The van der Waals surface area contributed by atoms with Crippen molar-refractivity contribution in [2.45, 2.75) is 17.4 Å². The van der Waals surface area contributed by atoms with Crippen LogP contribution in [0.4, 0.5) is 13.2 Å². The topological polar surface area (TPSA) is 80.7 Å². The molecule has 0 saturated carbocycles. The van der Waals surface area contributed by atoms with Crippen molar-refractivity contribution in [2.75, 3.05) is 6.61 Å². The van der Waals surface area contributed by atoms with Crippen molar-refractivity contribution >= 4 is 15.8 Å². The zero-order chi connectivity index (χ0) is 15.4. The monoisotopic (exact) mass is 312 g/mol. The predicted octanol–water partition coefficient (Wildman–Crippen LogP) is 1.03. The Morgan fingerprint density at radius 3 is 2.25 bits per heavy atom. The third kappa shape index (κ3) is 3.70. The molecule has 1 atom stereocenters. The van der Waals surface area contributed by atoms with Crippen molar-refractivity contribution in [2.24, 2.45) is 0 Å². The molecule has 112 valence electrons. The molecule has 0 spiro atoms. The maximum absolute atomic E-state index is 12.3. The Bertz CT molecular complexity index is 553. The minimum Gasteiger partial charge on any atom is -0.460 e. The number of hydrogen-bond acceptors (Lipinski definition) is 5. The van der Waals surface area contributed by atoms with Crippen LogP contribution in [-0.2, 0) is 26.0 Å². The molecule has 1 rings (SSSR count). The van der Waals surface area contributed by atoms with Gasteiger partial charge in [0.1, 0.15) is 6.61 Å². The maximum Gasteiger partial charge on any atom is 0.498 e. The molecule has 20 heavy (non-hydrogen) atoms. The van der Waals surface area contributed by atoms with Gasteiger partial charge in [0.05, 0.1) is 6.61 Å². The summed E-state index contributed by atoms with van der Waals surface area (Å²) in [6.07, 6.45) is 0. The molecule has 0 aromatic heterocycles. The molecule has 0 radical (unpaired) electrons. The molecule has 1 N–H and O–H groups in total. The highest BCUT2D eigenvalue weighted by Gasteiger charge is 2.53. The van der Waals surface area contributed by atoms with E-state index in [-0.39, 0.29) is 6.61 Å². The maximum atomic E-state index is 12.3. The number of esters is 1. The molecule has 0 aliphatic rings. The Morgan fingerprint density at radius 2 is 1.80 bits per heavy atom. The molecule has 0 aliphatic heterocycles. The lowest BCUT2D eigenvalue weighted by Crippen LogP contribution is -2.42. The molecule has 5 nitrogen and oxygen atoms in total. The molecule has 0 heterocycles. The number of ether oxygens (including phenoxy) is 1. The molecule has 0 bridgehead atoms. The fourth-order valence-corrected chi connectivity index (χ4v) is 2.12. The van der Waals surface area contributed by atoms with E-state index < -0.39 is 33.2 Å². The van der Waals surface area contributed by atoms with E-state index in [1.165, 1.54) is 0 Å². The van der Waals surface area contributed by atoms with Gasteiger partial charge in [-0.05, 0) is 5.56 Å². The Morgan fingerprint density at radius 1 is 1.25 bits per heavy atom. The number of hydrogen-bond donors (Lipinski definition) is 1. The molecular formula is C11H11F3O5S. The average molecular weight is 312 g/mol. The Hall–Kier alpha value is -1.61. The molecule has 0 amide bonds. The second-order valence-corrected chi connectivity index (χ2v) is 5.88. The summed E-state index contributed by atoms with van der Waals surface area (Å²) >= 11 is 0. The van der Waals surface area contributed by atoms with Crippen molar-refractivity contribution in [1.29, 1.82) is 0 Å². The standard InChI is InChI=1S/C11H11F3O5S/c12-11(13,14)20(17,18)9(6-15)10(16)19-7-8-4-2-1-3-5-8/h1-5,9,15H,6-7H2. The molecule has 9 heteroatoms. The van der Waals surface area contributed by atoms with Crippen LogP contribution in [0.1, 0.15) is 5.56 Å². The van der Waals surface area contributed by atoms with E-state index in [1.54, 1.807) is 30.3 Å². The van der Waals surface area contributed by atoms with Gasteiger partial charge in [-0.1, -0.05) is 30.3 Å². The lowest BCUT2D eigenvalue weighted by molar-refractivity contribution is -0.145. The van der Waals surface area contributed by atoms with E-state index in [2.05, 4.69) is 4.74 Å². The summed E-state index contributed by atoms with van der Waals surface area (Å²) < 4.78 is 63.4. The van der Waals surface area contributed by atoms with Crippen molar-refractivity contribution in [3.63, 3.8) is 0 Å². The molecule has 0 fully saturated rings. The minimum absolute atomic E-state index is 0.385. The molecule has 0 aliphatic carbocycles. The number of aliphatic hydroxyl groups is 1. The van der Waals surface area contributed by atoms with Crippen molar-refractivity contribution in [3.05, 3.63) is 35.9 Å². The van der Waals surface area contributed by atoms with Crippen LogP contribution in [0.15, 0.2) is 30.3 Å².